The number of carbonyl (C=O) groups excluding carboxylic acids is 6. The highest BCUT2D eigenvalue weighted by Crippen LogP contribution is 2.36. The molecule has 0 fully saturated rings. The quantitative estimate of drug-likeness (QED) is 0.107. The van der Waals surface area contributed by atoms with Crippen LogP contribution in [0.1, 0.15) is 119 Å². The molecule has 0 bridgehead atoms. The topological polar surface area (TPSA) is 163 Å². The molecular formula is C32H44N2O10S3. The van der Waals surface area contributed by atoms with E-state index in [2.05, 4.69) is 10.6 Å². The first-order valence-electron chi connectivity index (χ1n) is 15.2. The second kappa shape index (κ2) is 18.2. The number of thioether (sulfide) groups is 1. The van der Waals surface area contributed by atoms with E-state index in [1.54, 1.807) is 69.2 Å². The van der Waals surface area contributed by atoms with Crippen LogP contribution in [0.4, 0.5) is 10.0 Å². The maximum atomic E-state index is 12.8. The van der Waals surface area contributed by atoms with Gasteiger partial charge in [-0.15, -0.1) is 22.7 Å². The van der Waals surface area contributed by atoms with E-state index in [1.807, 2.05) is 0 Å². The van der Waals surface area contributed by atoms with Crippen molar-refractivity contribution in [2.45, 2.75) is 106 Å². The van der Waals surface area contributed by atoms with Gasteiger partial charge in [-0.3, -0.25) is 9.59 Å². The molecule has 0 aliphatic carbocycles. The lowest BCUT2D eigenvalue weighted by Crippen LogP contribution is -2.18. The second-order valence-electron chi connectivity index (χ2n) is 11.5. The number of thiophene rings is 2. The van der Waals surface area contributed by atoms with Crippen molar-refractivity contribution in [3.8, 4) is 0 Å². The van der Waals surface area contributed by atoms with Gasteiger partial charge in [0.2, 0.25) is 11.8 Å². The van der Waals surface area contributed by atoms with E-state index < -0.39 is 36.1 Å². The molecular weight excluding hydrogens is 669 g/mol. The summed E-state index contributed by atoms with van der Waals surface area (Å²) in [5.74, 6) is -2.52. The summed E-state index contributed by atoms with van der Waals surface area (Å²) in [5.41, 5.74) is 0.955. The number of nitrogens with one attached hydrogen (secondary N) is 2. The molecule has 0 radical (unpaired) electrons. The van der Waals surface area contributed by atoms with Gasteiger partial charge < -0.3 is 29.6 Å². The van der Waals surface area contributed by atoms with Crippen LogP contribution in [0.25, 0.3) is 0 Å². The minimum absolute atomic E-state index is 0.0737. The van der Waals surface area contributed by atoms with Crippen LogP contribution in [0, 0.1) is 13.8 Å². The standard InChI is InChI=1S/C32H44N2O10S3/c1-15(2)41-29(37)23-19(9)25(31(39)43-17(5)6)46-27(23)33-21(35)11-13-45-14-12-22(36)34-28-24(30(38)42-16(3)4)20(10)26(47-28)32(40)44-18(7)8/h15-18H,11-14H2,1-10H3,(H,33,35)(H,34,36). The summed E-state index contributed by atoms with van der Waals surface area (Å²) in [6.07, 6.45) is -1.39. The summed E-state index contributed by atoms with van der Waals surface area (Å²) in [6.45, 7) is 16.9. The van der Waals surface area contributed by atoms with Gasteiger partial charge in [-0.2, -0.15) is 11.8 Å². The van der Waals surface area contributed by atoms with Gasteiger partial charge >= 0.3 is 23.9 Å². The van der Waals surface area contributed by atoms with Crippen LogP contribution in [0.3, 0.4) is 0 Å². The Morgan fingerprint density at radius 3 is 1.15 bits per heavy atom. The molecule has 0 aliphatic rings. The van der Waals surface area contributed by atoms with E-state index in [-0.39, 0.29) is 67.7 Å². The van der Waals surface area contributed by atoms with Crippen LogP contribution in [0.15, 0.2) is 0 Å². The average molecular weight is 713 g/mol. The fourth-order valence-electron chi connectivity index (χ4n) is 3.98. The van der Waals surface area contributed by atoms with Crippen molar-refractivity contribution in [1.29, 1.82) is 0 Å². The lowest BCUT2D eigenvalue weighted by atomic mass is 10.1. The third kappa shape index (κ3) is 12.0. The summed E-state index contributed by atoms with van der Waals surface area (Å²) in [5, 5.41) is 5.85. The summed E-state index contributed by atoms with van der Waals surface area (Å²) in [6, 6.07) is 0. The van der Waals surface area contributed by atoms with Crippen molar-refractivity contribution in [2.24, 2.45) is 0 Å². The molecule has 0 saturated carbocycles. The van der Waals surface area contributed by atoms with Crippen molar-refractivity contribution >= 4 is 80.1 Å². The maximum Gasteiger partial charge on any atom is 0.348 e. The molecule has 2 aromatic rings. The normalized spacial score (nSPS) is 11.2. The van der Waals surface area contributed by atoms with Crippen molar-refractivity contribution in [3.05, 3.63) is 32.0 Å². The number of esters is 4. The summed E-state index contributed by atoms with van der Waals surface area (Å²) < 4.78 is 21.3. The zero-order chi connectivity index (χ0) is 35.6. The number of hydrogen-bond acceptors (Lipinski definition) is 13. The van der Waals surface area contributed by atoms with Crippen molar-refractivity contribution in [1.82, 2.24) is 0 Å². The number of amides is 2. The van der Waals surface area contributed by atoms with Gasteiger partial charge in [0.05, 0.1) is 35.5 Å². The number of carbonyl (C=O) groups is 6. The van der Waals surface area contributed by atoms with Gasteiger partial charge in [-0.25, -0.2) is 19.2 Å². The van der Waals surface area contributed by atoms with E-state index >= 15 is 0 Å². The molecule has 2 heterocycles. The first-order valence-corrected chi connectivity index (χ1v) is 18.0. The smallest absolute Gasteiger partial charge is 0.348 e. The number of rotatable bonds is 16. The number of ether oxygens (including phenoxy) is 4. The van der Waals surface area contributed by atoms with Gasteiger partial charge in [0.15, 0.2) is 0 Å². The highest BCUT2D eigenvalue weighted by molar-refractivity contribution is 7.99. The zero-order valence-corrected chi connectivity index (χ0v) is 30.9. The Kier molecular flexibility index (Phi) is 15.4. The highest BCUT2D eigenvalue weighted by Gasteiger charge is 2.30. The van der Waals surface area contributed by atoms with E-state index in [1.165, 1.54) is 11.8 Å². The van der Waals surface area contributed by atoms with Crippen LogP contribution >= 0.6 is 34.4 Å². The fourth-order valence-corrected chi connectivity index (χ4v) is 7.03. The Morgan fingerprint density at radius 1 is 0.553 bits per heavy atom. The minimum Gasteiger partial charge on any atom is -0.459 e. The molecule has 0 unspecified atom stereocenters. The predicted octanol–water partition coefficient (Wildman–Crippen LogP) is 6.78. The fraction of sp³-hybridized carbons (Fsp3) is 0.562. The Balaban J connectivity index is 2.02. The van der Waals surface area contributed by atoms with E-state index in [9.17, 15) is 28.8 Å². The van der Waals surface area contributed by atoms with Crippen LogP contribution < -0.4 is 10.6 Å². The maximum absolute atomic E-state index is 12.8. The van der Waals surface area contributed by atoms with Crippen LogP contribution in [0.5, 0.6) is 0 Å². The van der Waals surface area contributed by atoms with Gasteiger partial charge in [-0.05, 0) is 80.4 Å². The van der Waals surface area contributed by atoms with Crippen molar-refractivity contribution in [2.75, 3.05) is 22.1 Å². The van der Waals surface area contributed by atoms with Crippen LogP contribution in [0.2, 0.25) is 0 Å². The van der Waals surface area contributed by atoms with Gasteiger partial charge in [-0.1, -0.05) is 0 Å². The third-order valence-electron chi connectivity index (χ3n) is 5.90. The monoisotopic (exact) mass is 712 g/mol. The highest BCUT2D eigenvalue weighted by atomic mass is 32.2. The minimum atomic E-state index is -0.654. The molecule has 2 N–H and O–H groups in total. The molecule has 47 heavy (non-hydrogen) atoms. The van der Waals surface area contributed by atoms with E-state index in [0.717, 1.165) is 22.7 Å². The molecule has 260 valence electrons. The Morgan fingerprint density at radius 2 is 0.851 bits per heavy atom. The summed E-state index contributed by atoms with van der Waals surface area (Å²) >= 11 is 3.27. The van der Waals surface area contributed by atoms with Gasteiger partial charge in [0, 0.05) is 24.3 Å². The molecule has 0 aromatic carbocycles. The predicted molar refractivity (Wildman–Crippen MR) is 184 cm³/mol. The SMILES string of the molecule is Cc1c(C(=O)OC(C)C)sc(NC(=O)CCSCCC(=O)Nc2sc(C(=O)OC(C)C)c(C)c2C(=O)OC(C)C)c1C(=O)OC(C)C. The molecule has 0 aliphatic heterocycles. The number of hydrogen-bond donors (Lipinski definition) is 2. The Labute approximate surface area is 287 Å². The van der Waals surface area contributed by atoms with Crippen molar-refractivity contribution < 1.29 is 47.7 Å². The van der Waals surface area contributed by atoms with Gasteiger partial charge in [0.25, 0.3) is 0 Å². The molecule has 12 nitrogen and oxygen atoms in total. The first-order chi connectivity index (χ1) is 21.9. The third-order valence-corrected chi connectivity index (χ3v) is 9.26. The Bertz CT molecular complexity index is 1370. The molecule has 2 amide bonds. The summed E-state index contributed by atoms with van der Waals surface area (Å²) in [7, 11) is 0. The van der Waals surface area contributed by atoms with Crippen LogP contribution in [-0.4, -0.2) is 71.6 Å². The molecule has 15 heteroatoms. The Hall–Kier alpha value is -3.43. The lowest BCUT2D eigenvalue weighted by Gasteiger charge is -2.11. The molecule has 0 atom stereocenters. The summed E-state index contributed by atoms with van der Waals surface area (Å²) in [4.78, 5) is 76.9. The molecule has 0 spiro atoms. The number of anilines is 2. The lowest BCUT2D eigenvalue weighted by molar-refractivity contribution is -0.116. The van der Waals surface area contributed by atoms with Gasteiger partial charge in [0.1, 0.15) is 19.8 Å². The van der Waals surface area contributed by atoms with E-state index in [0.29, 0.717) is 22.6 Å². The largest absolute Gasteiger partial charge is 0.459 e. The molecule has 2 aromatic heterocycles. The van der Waals surface area contributed by atoms with E-state index in [4.69, 9.17) is 18.9 Å². The molecule has 2 rings (SSSR count). The average Bonchev–Trinajstić information content (AvgIpc) is 3.42. The first kappa shape index (κ1) is 39.7. The molecule has 0 saturated heterocycles. The second-order valence-corrected chi connectivity index (χ2v) is 14.8. The van der Waals surface area contributed by atoms with Crippen LogP contribution in [-0.2, 0) is 28.5 Å². The zero-order valence-electron chi connectivity index (χ0n) is 28.4. The van der Waals surface area contributed by atoms with Crippen molar-refractivity contribution in [3.63, 3.8) is 0 Å².